The number of nitrogens with zero attached hydrogens (tertiary/aromatic N) is 3. The van der Waals surface area contributed by atoms with Crippen LogP contribution in [-0.4, -0.2) is 78.8 Å². The second-order valence-corrected chi connectivity index (χ2v) is 7.89. The highest BCUT2D eigenvalue weighted by atomic mass is 16.5. The number of fused-ring (bicyclic) bond motifs is 3. The van der Waals surface area contributed by atoms with Crippen molar-refractivity contribution in [2.24, 2.45) is 5.92 Å². The molecule has 0 aliphatic carbocycles. The number of anilines is 1. The molecular weight excluding hydrogens is 346 g/mol. The third kappa shape index (κ3) is 4.31. The van der Waals surface area contributed by atoms with Gasteiger partial charge in [0.05, 0.1) is 19.8 Å². The Balaban J connectivity index is 1.44. The number of hydrogen-bond donors (Lipinski definition) is 1. The van der Waals surface area contributed by atoms with Crippen molar-refractivity contribution in [3.8, 4) is 0 Å². The van der Waals surface area contributed by atoms with Crippen LogP contribution in [0.2, 0.25) is 0 Å². The summed E-state index contributed by atoms with van der Waals surface area (Å²) in [6.45, 7) is 5.49. The average molecular weight is 373 g/mol. The van der Waals surface area contributed by atoms with Gasteiger partial charge in [-0.15, -0.1) is 0 Å². The summed E-state index contributed by atoms with van der Waals surface area (Å²) < 4.78 is 5.82. The van der Waals surface area contributed by atoms with Crippen LogP contribution < -0.4 is 4.90 Å². The molecule has 3 heterocycles. The Morgan fingerprint density at radius 3 is 2.67 bits per heavy atom. The average Bonchev–Trinajstić information content (AvgIpc) is 2.87. The molecule has 7 heteroatoms. The number of ether oxygens (including phenoxy) is 1. The zero-order valence-corrected chi connectivity index (χ0v) is 15.5. The highest BCUT2D eigenvalue weighted by Crippen LogP contribution is 2.24. The van der Waals surface area contributed by atoms with E-state index in [-0.39, 0.29) is 18.5 Å². The van der Waals surface area contributed by atoms with E-state index in [4.69, 9.17) is 9.84 Å². The Morgan fingerprint density at radius 1 is 1.15 bits per heavy atom. The van der Waals surface area contributed by atoms with Gasteiger partial charge >= 0.3 is 5.97 Å². The van der Waals surface area contributed by atoms with Crippen molar-refractivity contribution in [3.63, 3.8) is 0 Å². The minimum absolute atomic E-state index is 0.0966. The van der Waals surface area contributed by atoms with Crippen molar-refractivity contribution in [1.29, 1.82) is 0 Å². The zero-order valence-electron chi connectivity index (χ0n) is 15.5. The minimum Gasteiger partial charge on any atom is -0.480 e. The molecule has 0 aromatic heterocycles. The lowest BCUT2D eigenvalue weighted by Crippen LogP contribution is -2.44. The van der Waals surface area contributed by atoms with Crippen molar-refractivity contribution < 1.29 is 19.4 Å². The number of carbonyl (C=O) groups is 2. The first-order valence-corrected chi connectivity index (χ1v) is 9.74. The molecule has 3 aliphatic rings. The van der Waals surface area contributed by atoms with Gasteiger partial charge in [-0.05, 0) is 24.1 Å². The number of carbonyl (C=O) groups excluding carboxylic acids is 1. The molecule has 3 fully saturated rings. The Morgan fingerprint density at radius 2 is 1.96 bits per heavy atom. The predicted molar refractivity (Wildman–Crippen MR) is 101 cm³/mol. The van der Waals surface area contributed by atoms with E-state index in [1.807, 2.05) is 21.9 Å². The summed E-state index contributed by atoms with van der Waals surface area (Å²) in [7, 11) is 0. The molecular formula is C20H27N3O4. The molecule has 3 saturated heterocycles. The maximum Gasteiger partial charge on any atom is 0.317 e. The van der Waals surface area contributed by atoms with Gasteiger partial charge in [0.2, 0.25) is 5.91 Å². The van der Waals surface area contributed by atoms with Crippen LogP contribution in [0.25, 0.3) is 0 Å². The Hall–Kier alpha value is -1.96. The first-order valence-electron chi connectivity index (χ1n) is 9.74. The number of carboxylic acid groups (broad SMARTS) is 1. The molecule has 0 saturated carbocycles. The van der Waals surface area contributed by atoms with Crippen molar-refractivity contribution >= 4 is 17.6 Å². The van der Waals surface area contributed by atoms with E-state index >= 15 is 0 Å². The van der Waals surface area contributed by atoms with Crippen molar-refractivity contribution in [1.82, 2.24) is 9.80 Å². The lowest BCUT2D eigenvalue weighted by molar-refractivity contribution is -0.138. The van der Waals surface area contributed by atoms with Crippen LogP contribution in [-0.2, 0) is 20.9 Å². The molecule has 2 atom stereocenters. The van der Waals surface area contributed by atoms with Gasteiger partial charge in [0.25, 0.3) is 0 Å². The number of carboxylic acids is 1. The minimum atomic E-state index is -0.769. The Kier molecular flexibility index (Phi) is 5.43. The largest absolute Gasteiger partial charge is 0.480 e. The maximum atomic E-state index is 11.9. The van der Waals surface area contributed by atoms with E-state index in [9.17, 15) is 9.59 Å². The molecule has 3 aliphatic heterocycles. The molecule has 0 unspecified atom stereocenters. The number of hydrogen-bond acceptors (Lipinski definition) is 5. The molecule has 2 bridgehead atoms. The van der Waals surface area contributed by atoms with E-state index in [1.54, 1.807) is 0 Å². The van der Waals surface area contributed by atoms with Gasteiger partial charge < -0.3 is 14.7 Å². The fourth-order valence-corrected chi connectivity index (χ4v) is 4.48. The van der Waals surface area contributed by atoms with Crippen LogP contribution in [0.3, 0.4) is 0 Å². The highest BCUT2D eigenvalue weighted by molar-refractivity contribution is 5.95. The zero-order chi connectivity index (χ0) is 18.8. The van der Waals surface area contributed by atoms with Crippen LogP contribution in [0.15, 0.2) is 24.3 Å². The van der Waals surface area contributed by atoms with Crippen LogP contribution in [0.5, 0.6) is 0 Å². The molecule has 4 rings (SSSR count). The monoisotopic (exact) mass is 373 g/mol. The lowest BCUT2D eigenvalue weighted by atomic mass is 10.1. The first kappa shape index (κ1) is 18.4. The van der Waals surface area contributed by atoms with Gasteiger partial charge in [-0.25, -0.2) is 0 Å². The second-order valence-electron chi connectivity index (χ2n) is 7.89. The topological polar surface area (TPSA) is 73.3 Å². The number of rotatable bonds is 5. The molecule has 146 valence electrons. The van der Waals surface area contributed by atoms with Gasteiger partial charge in [-0.2, -0.15) is 0 Å². The Labute approximate surface area is 159 Å². The summed E-state index contributed by atoms with van der Waals surface area (Å²) in [5.74, 6) is -0.229. The number of aliphatic carboxylic acids is 1. The lowest BCUT2D eigenvalue weighted by Gasteiger charge is -2.30. The fourth-order valence-electron chi connectivity index (χ4n) is 4.48. The molecule has 1 amide bonds. The van der Waals surface area contributed by atoms with Gasteiger partial charge in [-0.3, -0.25) is 19.4 Å². The third-order valence-electron chi connectivity index (χ3n) is 5.72. The van der Waals surface area contributed by atoms with Crippen molar-refractivity contribution in [2.75, 3.05) is 50.8 Å². The van der Waals surface area contributed by atoms with E-state index in [1.165, 1.54) is 5.56 Å². The van der Waals surface area contributed by atoms with Crippen LogP contribution in [0, 0.1) is 5.92 Å². The van der Waals surface area contributed by atoms with Crippen LogP contribution in [0.1, 0.15) is 18.4 Å². The number of amides is 1. The second kappa shape index (κ2) is 7.96. The quantitative estimate of drug-likeness (QED) is 0.831. The molecule has 0 radical (unpaired) electrons. The van der Waals surface area contributed by atoms with E-state index in [2.05, 4.69) is 17.0 Å². The van der Waals surface area contributed by atoms with E-state index in [0.717, 1.165) is 44.8 Å². The molecule has 1 N–H and O–H groups in total. The van der Waals surface area contributed by atoms with E-state index < -0.39 is 5.97 Å². The predicted octanol–water partition coefficient (Wildman–Crippen LogP) is 1.03. The third-order valence-corrected chi connectivity index (χ3v) is 5.72. The first-order chi connectivity index (χ1) is 13.1. The van der Waals surface area contributed by atoms with Crippen LogP contribution in [0.4, 0.5) is 5.69 Å². The molecule has 1 aromatic rings. The smallest absolute Gasteiger partial charge is 0.317 e. The van der Waals surface area contributed by atoms with Gasteiger partial charge in [0.1, 0.15) is 0 Å². The summed E-state index contributed by atoms with van der Waals surface area (Å²) in [5.41, 5.74) is 2.19. The maximum absolute atomic E-state index is 11.9. The number of benzene rings is 1. The Bertz CT molecular complexity index is 693. The molecule has 1 aromatic carbocycles. The standard InChI is InChI=1S/C20H27N3O4/c24-19-2-1-7-23(19)17-5-3-15(4-6-17)9-22-10-16-8-21(12-20(25)26)11-18(22)14-27-13-16/h3-6,16,18H,1-2,7-14H2,(H,25,26)/t16-,18-/m0/s1. The molecule has 0 spiro atoms. The van der Waals surface area contributed by atoms with Crippen molar-refractivity contribution in [2.45, 2.75) is 25.4 Å². The fraction of sp³-hybridized carbons (Fsp3) is 0.600. The summed E-state index contributed by atoms with van der Waals surface area (Å²) in [5, 5.41) is 9.14. The van der Waals surface area contributed by atoms with Gasteiger partial charge in [0.15, 0.2) is 0 Å². The van der Waals surface area contributed by atoms with E-state index in [0.29, 0.717) is 25.6 Å². The summed E-state index contributed by atoms with van der Waals surface area (Å²) in [6.07, 6.45) is 1.58. The molecule has 27 heavy (non-hydrogen) atoms. The summed E-state index contributed by atoms with van der Waals surface area (Å²) in [4.78, 5) is 29.4. The highest BCUT2D eigenvalue weighted by Gasteiger charge is 2.33. The SMILES string of the molecule is O=C(O)CN1C[C@@H]2COC[C@H](C1)N(Cc1ccc(N3CCCC3=O)cc1)C2. The van der Waals surface area contributed by atoms with Crippen molar-refractivity contribution in [3.05, 3.63) is 29.8 Å². The van der Waals surface area contributed by atoms with Gasteiger partial charge in [-0.1, -0.05) is 12.1 Å². The van der Waals surface area contributed by atoms with Crippen LogP contribution >= 0.6 is 0 Å². The normalized spacial score (nSPS) is 27.0. The van der Waals surface area contributed by atoms with Gasteiger partial charge in [0, 0.05) is 56.8 Å². The summed E-state index contributed by atoms with van der Waals surface area (Å²) in [6, 6.07) is 8.49. The summed E-state index contributed by atoms with van der Waals surface area (Å²) >= 11 is 0. The molecule has 7 nitrogen and oxygen atoms in total.